The number of carbonyl (C=O) groups is 3. The lowest BCUT2D eigenvalue weighted by Gasteiger charge is -2.26. The van der Waals surface area contributed by atoms with Crippen LogP contribution >= 0.6 is 0 Å². The number of carboxylic acids is 1. The quantitative estimate of drug-likeness (QED) is 0.655. The fourth-order valence-corrected chi connectivity index (χ4v) is 1.63. The van der Waals surface area contributed by atoms with Crippen molar-refractivity contribution >= 4 is 17.9 Å². The molecule has 0 amide bonds. The van der Waals surface area contributed by atoms with Crippen LogP contribution in [0.3, 0.4) is 0 Å². The topological polar surface area (TPSA) is 102 Å². The van der Waals surface area contributed by atoms with Gasteiger partial charge in [0.25, 0.3) is 5.97 Å². The van der Waals surface area contributed by atoms with Crippen LogP contribution in [0.15, 0.2) is 0 Å². The maximum absolute atomic E-state index is 11.2. The minimum Gasteiger partial charge on any atom is -0.481 e. The summed E-state index contributed by atoms with van der Waals surface area (Å²) in [6.07, 6.45) is 0.506. The van der Waals surface area contributed by atoms with E-state index in [1.54, 1.807) is 0 Å². The van der Waals surface area contributed by atoms with Crippen LogP contribution in [0.2, 0.25) is 0 Å². The van der Waals surface area contributed by atoms with E-state index in [0.717, 1.165) is 6.92 Å². The molecule has 0 spiro atoms. The molecule has 104 valence electrons. The van der Waals surface area contributed by atoms with E-state index in [1.807, 2.05) is 0 Å². The molecule has 0 aromatic rings. The van der Waals surface area contributed by atoms with Gasteiger partial charge in [-0.25, -0.2) is 0 Å². The van der Waals surface area contributed by atoms with Gasteiger partial charge in [-0.3, -0.25) is 14.4 Å². The number of ether oxygens (including phenoxy) is 2. The summed E-state index contributed by atoms with van der Waals surface area (Å²) in [7, 11) is 2.70. The van der Waals surface area contributed by atoms with Crippen molar-refractivity contribution in [3.05, 3.63) is 0 Å². The van der Waals surface area contributed by atoms with Gasteiger partial charge in [-0.2, -0.15) is 0 Å². The molecule has 0 aromatic carbocycles. The Hall–Kier alpha value is -1.63. The molecule has 2 atom stereocenters. The zero-order valence-corrected chi connectivity index (χ0v) is 10.8. The van der Waals surface area contributed by atoms with Crippen LogP contribution in [0.25, 0.3) is 0 Å². The Bertz CT molecular complexity index is 278. The number of methoxy groups -OCH3 is 2. The van der Waals surface area contributed by atoms with E-state index in [1.165, 1.54) is 14.2 Å². The summed E-state index contributed by atoms with van der Waals surface area (Å²) in [4.78, 5) is 31.4. The highest BCUT2D eigenvalue weighted by atomic mass is 16.5. The van der Waals surface area contributed by atoms with E-state index < -0.39 is 5.97 Å². The van der Waals surface area contributed by atoms with Gasteiger partial charge < -0.3 is 19.9 Å². The fraction of sp³-hybridized carbons (Fsp3) is 0.727. The van der Waals surface area contributed by atoms with E-state index >= 15 is 0 Å². The van der Waals surface area contributed by atoms with Gasteiger partial charge in [0.2, 0.25) is 0 Å². The molecule has 1 rings (SSSR count). The number of carboxylic acid groups (broad SMARTS) is 1. The van der Waals surface area contributed by atoms with Crippen LogP contribution in [0.4, 0.5) is 0 Å². The molecular formula is C11H19NO6. The Balaban J connectivity index is 0.000000631. The van der Waals surface area contributed by atoms with Crippen molar-refractivity contribution in [2.45, 2.75) is 13.3 Å². The van der Waals surface area contributed by atoms with Crippen LogP contribution < -0.4 is 5.32 Å². The van der Waals surface area contributed by atoms with Crippen LogP contribution in [-0.4, -0.2) is 50.3 Å². The highest BCUT2D eigenvalue weighted by Crippen LogP contribution is 2.18. The van der Waals surface area contributed by atoms with Crippen molar-refractivity contribution in [3.63, 3.8) is 0 Å². The van der Waals surface area contributed by atoms with Crippen LogP contribution in [0.1, 0.15) is 13.3 Å². The summed E-state index contributed by atoms with van der Waals surface area (Å²) in [6.45, 7) is 2.22. The predicted molar refractivity (Wildman–Crippen MR) is 61.8 cm³/mol. The molecular weight excluding hydrogens is 242 g/mol. The smallest absolute Gasteiger partial charge is 0.309 e. The second-order valence-corrected chi connectivity index (χ2v) is 3.85. The van der Waals surface area contributed by atoms with Gasteiger partial charge in [0.05, 0.1) is 26.1 Å². The molecule has 1 fully saturated rings. The molecule has 1 aliphatic rings. The van der Waals surface area contributed by atoms with Gasteiger partial charge in [-0.05, 0) is 6.42 Å². The standard InChI is InChI=1S/C9H15NO4.C2H4O2/c1-13-8(11)6-3-7(5-10-4-6)9(12)14-2;1-2(3)4/h6-7,10H,3-5H2,1-2H3;1H3,(H,3,4). The van der Waals surface area contributed by atoms with Gasteiger partial charge in [-0.1, -0.05) is 0 Å². The first kappa shape index (κ1) is 16.4. The number of aliphatic carboxylic acids is 1. The number of carbonyl (C=O) groups excluding carboxylic acids is 2. The molecule has 7 heteroatoms. The Morgan fingerprint density at radius 3 is 1.67 bits per heavy atom. The summed E-state index contributed by atoms with van der Waals surface area (Å²) in [5.74, 6) is -1.85. The summed E-state index contributed by atoms with van der Waals surface area (Å²) < 4.78 is 9.24. The molecule has 7 nitrogen and oxygen atoms in total. The number of hydrogen-bond donors (Lipinski definition) is 2. The molecule has 0 bridgehead atoms. The highest BCUT2D eigenvalue weighted by molar-refractivity contribution is 5.76. The van der Waals surface area contributed by atoms with Crippen molar-refractivity contribution in [1.29, 1.82) is 0 Å². The minimum absolute atomic E-state index is 0.238. The molecule has 1 heterocycles. The third-order valence-electron chi connectivity index (χ3n) is 2.42. The first-order valence-electron chi connectivity index (χ1n) is 5.48. The van der Waals surface area contributed by atoms with Crippen LogP contribution in [0.5, 0.6) is 0 Å². The Kier molecular flexibility index (Phi) is 7.69. The first-order chi connectivity index (χ1) is 8.42. The minimum atomic E-state index is -0.833. The summed E-state index contributed by atoms with van der Waals surface area (Å²) in [5, 5.41) is 10.4. The molecule has 1 saturated heterocycles. The lowest BCUT2D eigenvalue weighted by molar-refractivity contribution is -0.151. The summed E-state index contributed by atoms with van der Waals surface area (Å²) in [6, 6.07) is 0. The molecule has 2 N–H and O–H groups in total. The average molecular weight is 261 g/mol. The van der Waals surface area contributed by atoms with Crippen molar-refractivity contribution in [2.75, 3.05) is 27.3 Å². The largest absolute Gasteiger partial charge is 0.481 e. The predicted octanol–water partition coefficient (Wildman–Crippen LogP) is -0.351. The monoisotopic (exact) mass is 261 g/mol. The zero-order chi connectivity index (χ0) is 14.1. The lowest BCUT2D eigenvalue weighted by Crippen LogP contribution is -2.43. The molecule has 0 aromatic heterocycles. The molecule has 0 aliphatic carbocycles. The van der Waals surface area contributed by atoms with E-state index in [-0.39, 0.29) is 23.8 Å². The van der Waals surface area contributed by atoms with E-state index in [2.05, 4.69) is 14.8 Å². The third kappa shape index (κ3) is 6.19. The van der Waals surface area contributed by atoms with Crippen LogP contribution in [0, 0.1) is 11.8 Å². The number of nitrogens with one attached hydrogen (secondary N) is 1. The highest BCUT2D eigenvalue weighted by Gasteiger charge is 2.31. The zero-order valence-electron chi connectivity index (χ0n) is 10.8. The Morgan fingerprint density at radius 1 is 1.06 bits per heavy atom. The van der Waals surface area contributed by atoms with Crippen molar-refractivity contribution in [1.82, 2.24) is 5.32 Å². The van der Waals surface area contributed by atoms with E-state index in [0.29, 0.717) is 19.5 Å². The second-order valence-electron chi connectivity index (χ2n) is 3.85. The first-order valence-corrected chi connectivity index (χ1v) is 5.48. The molecule has 18 heavy (non-hydrogen) atoms. The van der Waals surface area contributed by atoms with Gasteiger partial charge in [0, 0.05) is 20.0 Å². The van der Waals surface area contributed by atoms with E-state index in [4.69, 9.17) is 9.90 Å². The number of esters is 2. The van der Waals surface area contributed by atoms with Gasteiger partial charge in [0.15, 0.2) is 0 Å². The molecule has 1 aliphatic heterocycles. The van der Waals surface area contributed by atoms with Crippen molar-refractivity contribution in [2.24, 2.45) is 11.8 Å². The molecule has 0 radical (unpaired) electrons. The van der Waals surface area contributed by atoms with Crippen molar-refractivity contribution < 1.29 is 29.0 Å². The number of hydrogen-bond acceptors (Lipinski definition) is 6. The molecule has 2 unspecified atom stereocenters. The van der Waals surface area contributed by atoms with Crippen molar-refractivity contribution in [3.8, 4) is 0 Å². The Morgan fingerprint density at radius 2 is 1.39 bits per heavy atom. The number of rotatable bonds is 2. The number of piperidine rings is 1. The van der Waals surface area contributed by atoms with Gasteiger partial charge in [0.1, 0.15) is 0 Å². The third-order valence-corrected chi connectivity index (χ3v) is 2.42. The van der Waals surface area contributed by atoms with Crippen LogP contribution in [-0.2, 0) is 23.9 Å². The fourth-order valence-electron chi connectivity index (χ4n) is 1.63. The Labute approximate surface area is 105 Å². The lowest BCUT2D eigenvalue weighted by atomic mass is 9.90. The SMILES string of the molecule is CC(=O)O.COC(=O)C1CNCC(C(=O)OC)C1. The van der Waals surface area contributed by atoms with Gasteiger partial charge in [-0.15, -0.1) is 0 Å². The second kappa shape index (κ2) is 8.46. The normalized spacial score (nSPS) is 22.2. The average Bonchev–Trinajstić information content (AvgIpc) is 2.36. The van der Waals surface area contributed by atoms with E-state index in [9.17, 15) is 9.59 Å². The van der Waals surface area contributed by atoms with Gasteiger partial charge >= 0.3 is 11.9 Å². The summed E-state index contributed by atoms with van der Waals surface area (Å²) >= 11 is 0. The summed E-state index contributed by atoms with van der Waals surface area (Å²) in [5.41, 5.74) is 0. The maximum Gasteiger partial charge on any atom is 0.309 e. The maximum atomic E-state index is 11.2. The molecule has 0 saturated carbocycles.